The van der Waals surface area contributed by atoms with Gasteiger partial charge < -0.3 is 8.80 Å². The lowest BCUT2D eigenvalue weighted by Crippen LogP contribution is -1.90. The highest BCUT2D eigenvalue weighted by molar-refractivity contribution is 7.25. The molecule has 0 saturated heterocycles. The second-order valence-corrected chi connectivity index (χ2v) is 13.0. The van der Waals surface area contributed by atoms with Crippen LogP contribution in [0.3, 0.4) is 0 Å². The summed E-state index contributed by atoms with van der Waals surface area (Å²) in [7, 11) is 0. The number of fused-ring (bicyclic) bond motifs is 4. The van der Waals surface area contributed by atoms with Crippen LogP contribution in [0.1, 0.15) is 0 Å². The summed E-state index contributed by atoms with van der Waals surface area (Å²) in [5, 5.41) is 9.53. The molecule has 5 aromatic carbocycles. The van der Waals surface area contributed by atoms with Crippen molar-refractivity contribution in [1.29, 1.82) is 0 Å². The van der Waals surface area contributed by atoms with Gasteiger partial charge in [-0.25, -0.2) is 0 Å². The van der Waals surface area contributed by atoms with Gasteiger partial charge in [0.1, 0.15) is 0 Å². The summed E-state index contributed by atoms with van der Waals surface area (Å²) < 4.78 is 7.30. The third kappa shape index (κ3) is 3.10. The van der Waals surface area contributed by atoms with Crippen molar-refractivity contribution in [1.82, 2.24) is 18.8 Å². The smallest absolute Gasteiger partial charge is 0.0985 e. The summed E-state index contributed by atoms with van der Waals surface area (Å²) in [6, 6.07) is 44.3. The maximum atomic E-state index is 5.13. The minimum Gasteiger partial charge on any atom is -0.307 e. The fourth-order valence-corrected chi connectivity index (χ4v) is 8.51. The Labute approximate surface area is 259 Å². The van der Waals surface area contributed by atoms with Crippen LogP contribution in [0.15, 0.2) is 134 Å². The minimum absolute atomic E-state index is 0.982. The van der Waals surface area contributed by atoms with E-state index in [9.17, 15) is 0 Å². The summed E-state index contributed by atoms with van der Waals surface area (Å²) in [6.07, 6.45) is 4.09. The number of hydrogen-bond acceptors (Lipinski definition) is 3. The molecule has 45 heavy (non-hydrogen) atoms. The molecule has 0 aliphatic carbocycles. The first-order valence-corrected chi connectivity index (χ1v) is 16.0. The molecule has 0 amide bonds. The molecule has 0 fully saturated rings. The summed E-state index contributed by atoms with van der Waals surface area (Å²) in [5.74, 6) is 0. The highest BCUT2D eigenvalue weighted by atomic mass is 32.1. The van der Waals surface area contributed by atoms with E-state index in [0.717, 1.165) is 54.8 Å². The van der Waals surface area contributed by atoms with Gasteiger partial charge >= 0.3 is 0 Å². The molecule has 14 aromatic rings. The van der Waals surface area contributed by atoms with Gasteiger partial charge in [0, 0.05) is 60.4 Å². The molecule has 0 N–H and O–H groups in total. The molecule has 0 aliphatic heterocycles. The van der Waals surface area contributed by atoms with E-state index in [2.05, 4.69) is 136 Å². The van der Waals surface area contributed by atoms with Gasteiger partial charge in [-0.2, -0.15) is 0 Å². The van der Waals surface area contributed by atoms with E-state index in [-0.39, 0.29) is 0 Å². The van der Waals surface area contributed by atoms with Gasteiger partial charge in [0.15, 0.2) is 0 Å². The number of aromatic nitrogens is 4. The first-order valence-electron chi connectivity index (χ1n) is 15.2. The van der Waals surface area contributed by atoms with E-state index in [4.69, 9.17) is 9.97 Å². The van der Waals surface area contributed by atoms with Crippen LogP contribution in [-0.4, -0.2) is 18.8 Å². The zero-order valence-electron chi connectivity index (χ0n) is 23.9. The molecule has 5 heteroatoms. The van der Waals surface area contributed by atoms with Crippen LogP contribution in [0.25, 0.3) is 96.6 Å². The molecule has 4 nitrogen and oxygen atoms in total. The Morgan fingerprint density at radius 2 is 1.09 bits per heavy atom. The molecule has 9 heterocycles. The van der Waals surface area contributed by atoms with Crippen molar-refractivity contribution in [3.05, 3.63) is 134 Å². The molecule has 0 saturated carbocycles. The van der Waals surface area contributed by atoms with E-state index in [1.165, 1.54) is 41.8 Å². The van der Waals surface area contributed by atoms with Crippen molar-refractivity contribution in [2.45, 2.75) is 0 Å². The molecule has 0 aliphatic rings. The maximum absolute atomic E-state index is 5.13. The maximum Gasteiger partial charge on any atom is 0.0985 e. The van der Waals surface area contributed by atoms with Crippen LogP contribution in [0.4, 0.5) is 0 Å². The van der Waals surface area contributed by atoms with Gasteiger partial charge in [0.25, 0.3) is 0 Å². The molecule has 8 bridgehead atoms. The predicted octanol–water partition coefficient (Wildman–Crippen LogP) is 10.8. The Bertz CT molecular complexity index is 2860. The van der Waals surface area contributed by atoms with Gasteiger partial charge in [-0.15, -0.1) is 11.3 Å². The predicted molar refractivity (Wildman–Crippen MR) is 191 cm³/mol. The van der Waals surface area contributed by atoms with Crippen LogP contribution in [0, 0.1) is 0 Å². The average molecular weight is 591 g/mol. The van der Waals surface area contributed by atoms with Crippen LogP contribution in [-0.2, 0) is 0 Å². The minimum atomic E-state index is 0.982. The van der Waals surface area contributed by atoms with Crippen LogP contribution >= 0.6 is 11.3 Å². The third-order valence-corrected chi connectivity index (χ3v) is 10.7. The highest BCUT2D eigenvalue weighted by Gasteiger charge is 2.18. The van der Waals surface area contributed by atoms with E-state index >= 15 is 0 Å². The molecule has 0 spiro atoms. The van der Waals surface area contributed by atoms with Gasteiger partial charge in [-0.1, -0.05) is 66.7 Å². The number of pyridine rings is 2. The molecule has 0 radical (unpaired) electrons. The van der Waals surface area contributed by atoms with E-state index in [0.29, 0.717) is 0 Å². The molecular weight excluding hydrogens is 569 g/mol. The van der Waals surface area contributed by atoms with E-state index in [1.807, 2.05) is 6.20 Å². The second kappa shape index (κ2) is 8.44. The fraction of sp³-hybridized carbons (Fsp3) is 0. The Morgan fingerprint density at radius 3 is 1.89 bits per heavy atom. The molecule has 0 atom stereocenters. The number of nitrogens with zero attached hydrogens (tertiary/aromatic N) is 4. The molecule has 0 unspecified atom stereocenters. The van der Waals surface area contributed by atoms with Crippen molar-refractivity contribution in [3.63, 3.8) is 0 Å². The normalized spacial score (nSPS) is 12.4. The zero-order valence-corrected chi connectivity index (χ0v) is 24.7. The Kier molecular flexibility index (Phi) is 4.43. The van der Waals surface area contributed by atoms with Gasteiger partial charge in [0.05, 0.1) is 37.8 Å². The topological polar surface area (TPSA) is 34.6 Å². The van der Waals surface area contributed by atoms with Crippen molar-refractivity contribution in [2.24, 2.45) is 0 Å². The average Bonchev–Trinajstić information content (AvgIpc) is 3.75. The summed E-state index contributed by atoms with van der Waals surface area (Å²) in [6.45, 7) is 0. The number of rotatable bonds is 0. The van der Waals surface area contributed by atoms with Crippen molar-refractivity contribution < 1.29 is 0 Å². The number of para-hydroxylation sites is 2. The molecule has 208 valence electrons. The van der Waals surface area contributed by atoms with Crippen LogP contribution in [0.2, 0.25) is 0 Å². The van der Waals surface area contributed by atoms with Crippen molar-refractivity contribution in [3.8, 4) is 0 Å². The van der Waals surface area contributed by atoms with Crippen LogP contribution < -0.4 is 0 Å². The van der Waals surface area contributed by atoms with Crippen molar-refractivity contribution >= 4 is 108 Å². The summed E-state index contributed by atoms with van der Waals surface area (Å²) >= 11 is 1.81. The number of hydrogen-bond donors (Lipinski definition) is 0. The van der Waals surface area contributed by atoms with Gasteiger partial charge in [-0.3, -0.25) is 9.97 Å². The lowest BCUT2D eigenvalue weighted by molar-refractivity contribution is 1.29. The fourth-order valence-electron chi connectivity index (χ4n) is 7.47. The standard InChI is InChI=1S/C40H22N4S/c1-3-7-34-28(5-1)32-21-42-38-29-6-2-4-8-35(29)44-27-16-11-24(12-17-27)33-20-31-30-19-25(13-18-36(30)45-37(31)22-41-33)23-9-14-26(15-10-23)43(34)39(32)40(38)44/h1-22H. The second-order valence-electron chi connectivity index (χ2n) is 11.9. The summed E-state index contributed by atoms with van der Waals surface area (Å²) in [5.41, 5.74) is 8.78. The quantitative estimate of drug-likeness (QED) is 0.176. The largest absolute Gasteiger partial charge is 0.307 e. The zero-order chi connectivity index (χ0) is 29.2. The van der Waals surface area contributed by atoms with Gasteiger partial charge in [-0.05, 0) is 65.4 Å². The Morgan fingerprint density at radius 1 is 0.444 bits per heavy atom. The number of benzene rings is 5. The molecule has 9 aromatic heterocycles. The SMILES string of the molecule is c1ccc2c(c1)c1cnc3c4ccccc4n4c5ccc(cc5)c5cc6c(cn5)sc5ccc(cc56)c5ccc(cc5)n2c1c34. The Hall–Kier alpha value is -5.78. The Balaban J connectivity index is 1.46. The third-order valence-electron chi connectivity index (χ3n) is 9.55. The lowest BCUT2D eigenvalue weighted by atomic mass is 10.1. The first kappa shape index (κ1) is 23.6. The van der Waals surface area contributed by atoms with Gasteiger partial charge in [0.2, 0.25) is 0 Å². The first-order chi connectivity index (χ1) is 22.3. The number of thiophene rings is 1. The summed E-state index contributed by atoms with van der Waals surface area (Å²) in [4.78, 5) is 10.0. The lowest BCUT2D eigenvalue weighted by Gasteiger charge is -2.05. The van der Waals surface area contributed by atoms with Crippen molar-refractivity contribution in [2.75, 3.05) is 0 Å². The molecular formula is C40H22N4S. The van der Waals surface area contributed by atoms with E-state index < -0.39 is 0 Å². The highest BCUT2D eigenvalue weighted by Crippen LogP contribution is 2.39. The monoisotopic (exact) mass is 590 g/mol. The van der Waals surface area contributed by atoms with Crippen LogP contribution in [0.5, 0.6) is 0 Å². The molecule has 14 rings (SSSR count). The van der Waals surface area contributed by atoms with E-state index in [1.54, 1.807) is 11.3 Å².